The molecule has 0 aromatic heterocycles. The van der Waals surface area contributed by atoms with E-state index in [0.29, 0.717) is 6.42 Å². The van der Waals surface area contributed by atoms with Crippen LogP contribution in [0.25, 0.3) is 0 Å². The Bertz CT molecular complexity index is 987. The zero-order valence-corrected chi connectivity index (χ0v) is 21.4. The van der Waals surface area contributed by atoms with Crippen molar-refractivity contribution in [1.29, 1.82) is 0 Å². The minimum Gasteiger partial charge on any atom is -0.457 e. The molecule has 1 aliphatic heterocycles. The van der Waals surface area contributed by atoms with Crippen LogP contribution in [0.5, 0.6) is 0 Å². The predicted molar refractivity (Wildman–Crippen MR) is 133 cm³/mol. The number of aliphatic hydroxyl groups excluding tert-OH is 1. The van der Waals surface area contributed by atoms with Gasteiger partial charge in [0.15, 0.2) is 11.0 Å². The Kier molecular flexibility index (Phi) is 7.75. The van der Waals surface area contributed by atoms with Gasteiger partial charge in [-0.1, -0.05) is 71.0 Å². The molecule has 1 unspecified atom stereocenters. The van der Waals surface area contributed by atoms with Crippen molar-refractivity contribution in [3.05, 3.63) is 64.7 Å². The van der Waals surface area contributed by atoms with Gasteiger partial charge in [0.25, 0.3) is 0 Å². The molecule has 5 heteroatoms. The average Bonchev–Trinajstić information content (AvgIpc) is 2.74. The molecule has 1 saturated heterocycles. The van der Waals surface area contributed by atoms with E-state index >= 15 is 0 Å². The molecule has 33 heavy (non-hydrogen) atoms. The van der Waals surface area contributed by atoms with Crippen LogP contribution in [0.2, 0.25) is 0 Å². The van der Waals surface area contributed by atoms with Gasteiger partial charge in [-0.3, -0.25) is 9.59 Å². The highest BCUT2D eigenvalue weighted by Gasteiger charge is 2.49. The van der Waals surface area contributed by atoms with Crippen LogP contribution in [0.3, 0.4) is 0 Å². The van der Waals surface area contributed by atoms with Crippen LogP contribution in [-0.2, 0) is 32.8 Å². The summed E-state index contributed by atoms with van der Waals surface area (Å²) in [6.07, 6.45) is 1.62. The number of aryl methyl sites for hydroxylation is 2. The molecule has 1 N–H and O–H groups in total. The number of Topliss-reactive ketones (excluding diaryl/α,β-unsaturated/α-hetero) is 1. The third-order valence-electron chi connectivity index (χ3n) is 6.68. The molecule has 1 heterocycles. The zero-order valence-electron chi connectivity index (χ0n) is 20.6. The maximum atomic E-state index is 13.3. The topological polar surface area (TPSA) is 63.6 Å². The van der Waals surface area contributed by atoms with Gasteiger partial charge < -0.3 is 9.84 Å². The molecule has 2 aromatic carbocycles. The second-order valence-electron chi connectivity index (χ2n) is 10.5. The molecule has 178 valence electrons. The van der Waals surface area contributed by atoms with Crippen LogP contribution in [-0.4, -0.2) is 27.7 Å². The van der Waals surface area contributed by atoms with E-state index in [0.717, 1.165) is 28.0 Å². The van der Waals surface area contributed by atoms with Gasteiger partial charge in [-0.05, 0) is 59.4 Å². The van der Waals surface area contributed by atoms with Crippen LogP contribution < -0.4 is 0 Å². The van der Waals surface area contributed by atoms with Gasteiger partial charge in [0, 0.05) is 11.3 Å². The highest BCUT2D eigenvalue weighted by Crippen LogP contribution is 2.42. The minimum absolute atomic E-state index is 0.0382. The summed E-state index contributed by atoms with van der Waals surface area (Å²) in [7, 11) is 0. The predicted octanol–water partition coefficient (Wildman–Crippen LogP) is 5.79. The number of cyclic esters (lactones) is 1. The van der Waals surface area contributed by atoms with Crippen molar-refractivity contribution in [2.45, 2.75) is 88.6 Å². The monoisotopic (exact) mass is 468 g/mol. The van der Waals surface area contributed by atoms with E-state index in [1.165, 1.54) is 17.3 Å². The van der Waals surface area contributed by atoms with Crippen molar-refractivity contribution < 1.29 is 19.4 Å². The smallest absolute Gasteiger partial charge is 0.327 e. The van der Waals surface area contributed by atoms with Crippen molar-refractivity contribution in [1.82, 2.24) is 0 Å². The number of benzene rings is 2. The van der Waals surface area contributed by atoms with Crippen molar-refractivity contribution in [3.63, 3.8) is 0 Å². The Hall–Kier alpha value is -2.11. The molecule has 0 saturated carbocycles. The first-order chi connectivity index (χ1) is 15.5. The molecule has 3 rings (SSSR count). The number of rotatable bonds is 7. The number of carbonyl (C=O) groups is 2. The van der Waals surface area contributed by atoms with E-state index in [2.05, 4.69) is 32.9 Å². The summed E-state index contributed by atoms with van der Waals surface area (Å²) >= 11 is 1.29. The maximum absolute atomic E-state index is 13.3. The normalized spacial score (nSPS) is 21.4. The van der Waals surface area contributed by atoms with E-state index in [-0.39, 0.29) is 30.1 Å². The number of hydrogen-bond donors (Lipinski definition) is 1. The first-order valence-corrected chi connectivity index (χ1v) is 12.6. The third kappa shape index (κ3) is 5.70. The second kappa shape index (κ2) is 10.0. The van der Waals surface area contributed by atoms with Crippen molar-refractivity contribution in [2.24, 2.45) is 5.92 Å². The maximum Gasteiger partial charge on any atom is 0.327 e. The summed E-state index contributed by atoms with van der Waals surface area (Å²) in [6, 6.07) is 14.1. The largest absolute Gasteiger partial charge is 0.457 e. The van der Waals surface area contributed by atoms with E-state index in [1.807, 2.05) is 51.1 Å². The number of esters is 1. The molecular formula is C28H36O4S. The quantitative estimate of drug-likeness (QED) is 0.412. The van der Waals surface area contributed by atoms with Gasteiger partial charge >= 0.3 is 5.97 Å². The molecule has 0 radical (unpaired) electrons. The van der Waals surface area contributed by atoms with Gasteiger partial charge in [-0.15, -0.1) is 11.8 Å². The number of carbonyl (C=O) groups excluding carboxylic acids is 2. The molecule has 2 atom stereocenters. The Morgan fingerprint density at radius 2 is 1.82 bits per heavy atom. The lowest BCUT2D eigenvalue weighted by Gasteiger charge is -2.41. The summed E-state index contributed by atoms with van der Waals surface area (Å²) in [4.78, 5) is 27.5. The van der Waals surface area contributed by atoms with E-state index in [1.54, 1.807) is 0 Å². The third-order valence-corrected chi connectivity index (χ3v) is 7.96. The van der Waals surface area contributed by atoms with Crippen molar-refractivity contribution in [3.8, 4) is 0 Å². The summed E-state index contributed by atoms with van der Waals surface area (Å²) in [5, 5.41) is 8.85. The van der Waals surface area contributed by atoms with Crippen LogP contribution >= 0.6 is 11.8 Å². The van der Waals surface area contributed by atoms with E-state index in [4.69, 9.17) is 4.74 Å². The number of ether oxygens (including phenoxy) is 1. The van der Waals surface area contributed by atoms with Crippen LogP contribution in [0.15, 0.2) is 47.4 Å². The first kappa shape index (κ1) is 25.5. The van der Waals surface area contributed by atoms with Crippen LogP contribution in [0.1, 0.15) is 69.7 Å². The fourth-order valence-electron chi connectivity index (χ4n) is 4.38. The number of hydrogen-bond acceptors (Lipinski definition) is 5. The molecule has 0 spiro atoms. The van der Waals surface area contributed by atoms with Gasteiger partial charge in [-0.2, -0.15) is 0 Å². The Balaban J connectivity index is 1.85. The fraction of sp³-hybridized carbons (Fsp3) is 0.500. The molecule has 0 bridgehead atoms. The highest BCUT2D eigenvalue weighted by molar-refractivity contribution is 8.01. The molecule has 2 aromatic rings. The Labute approximate surface area is 202 Å². The SMILES string of the molecule is Cc1cc(SC2C(=O)C[C@](CCc3ccccc3)(C(C)C)OC2=O)c(C(C)(C)C)cc1CO. The van der Waals surface area contributed by atoms with Crippen LogP contribution in [0.4, 0.5) is 0 Å². The lowest BCUT2D eigenvalue weighted by molar-refractivity contribution is -0.176. The van der Waals surface area contributed by atoms with Crippen LogP contribution in [0, 0.1) is 12.8 Å². The second-order valence-corrected chi connectivity index (χ2v) is 11.6. The Morgan fingerprint density at radius 3 is 2.36 bits per heavy atom. The fourth-order valence-corrected chi connectivity index (χ4v) is 5.73. The molecular weight excluding hydrogens is 432 g/mol. The van der Waals surface area contributed by atoms with Gasteiger partial charge in [0.2, 0.25) is 0 Å². The number of aliphatic hydroxyl groups is 1. The number of ketones is 1. The number of thioether (sulfide) groups is 1. The first-order valence-electron chi connectivity index (χ1n) is 11.7. The summed E-state index contributed by atoms with van der Waals surface area (Å²) in [5.41, 5.74) is 3.04. The summed E-state index contributed by atoms with van der Waals surface area (Å²) < 4.78 is 6.09. The van der Waals surface area contributed by atoms with Gasteiger partial charge in [0.05, 0.1) is 6.61 Å². The molecule has 1 fully saturated rings. The lowest BCUT2D eigenvalue weighted by atomic mass is 9.78. The minimum atomic E-state index is -0.867. The van der Waals surface area contributed by atoms with Crippen molar-refractivity contribution >= 4 is 23.5 Å². The molecule has 0 aliphatic carbocycles. The molecule has 4 nitrogen and oxygen atoms in total. The lowest BCUT2D eigenvalue weighted by Crippen LogP contribution is -2.52. The Morgan fingerprint density at radius 1 is 1.15 bits per heavy atom. The summed E-state index contributed by atoms with van der Waals surface area (Å²) in [6.45, 7) is 12.2. The van der Waals surface area contributed by atoms with Gasteiger partial charge in [0.1, 0.15) is 5.60 Å². The van der Waals surface area contributed by atoms with Gasteiger partial charge in [-0.25, -0.2) is 0 Å². The zero-order chi connectivity index (χ0) is 24.4. The molecule has 0 amide bonds. The van der Waals surface area contributed by atoms with Crippen molar-refractivity contribution in [2.75, 3.05) is 0 Å². The standard InChI is InChI=1S/C28H36O4S/c1-18(2)28(13-12-20-10-8-7-9-11-20)16-23(30)25(26(31)32-28)33-24-14-19(3)21(17-29)15-22(24)27(4,5)6/h7-11,14-15,18,25,29H,12-13,16-17H2,1-6H3/t25?,28-/m1/s1. The average molecular weight is 469 g/mol. The highest BCUT2D eigenvalue weighted by atomic mass is 32.2. The summed E-state index contributed by atoms with van der Waals surface area (Å²) in [5.74, 6) is -0.472. The van der Waals surface area contributed by atoms with E-state index in [9.17, 15) is 14.7 Å². The molecule has 1 aliphatic rings. The van der Waals surface area contributed by atoms with E-state index < -0.39 is 16.8 Å².